The number of halogens is 2. The van der Waals surface area contributed by atoms with Crippen molar-refractivity contribution in [3.63, 3.8) is 0 Å². The lowest BCUT2D eigenvalue weighted by Gasteiger charge is -2.09. The van der Waals surface area contributed by atoms with Crippen LogP contribution in [0.4, 0.5) is 8.78 Å². The average Bonchev–Trinajstić information content (AvgIpc) is 2.19. The van der Waals surface area contributed by atoms with Gasteiger partial charge in [0.2, 0.25) is 0 Å². The minimum Gasteiger partial charge on any atom is -0.481 e. The Morgan fingerprint density at radius 2 is 2.31 bits per heavy atom. The third-order valence-electron chi connectivity index (χ3n) is 2.15. The first-order chi connectivity index (χ1) is 7.47. The first-order valence-electron chi connectivity index (χ1n) is 4.35. The van der Waals surface area contributed by atoms with Gasteiger partial charge in [-0.3, -0.25) is 9.78 Å². The number of carboxylic acid groups (broad SMARTS) is 1. The van der Waals surface area contributed by atoms with E-state index in [9.17, 15) is 13.6 Å². The second-order valence-electron chi connectivity index (χ2n) is 3.14. The molecule has 6 heteroatoms. The van der Waals surface area contributed by atoms with E-state index in [1.807, 2.05) is 0 Å². The molecule has 0 aromatic carbocycles. The third kappa shape index (κ3) is 2.31. The van der Waals surface area contributed by atoms with Crippen molar-refractivity contribution in [3.05, 3.63) is 28.6 Å². The van der Waals surface area contributed by atoms with Crippen LogP contribution in [-0.2, 0) is 11.2 Å². The zero-order valence-corrected chi connectivity index (χ0v) is 8.37. The number of aliphatic carboxylic acids is 1. The predicted molar refractivity (Wildman–Crippen MR) is 50.0 cm³/mol. The number of alkyl halides is 2. The summed E-state index contributed by atoms with van der Waals surface area (Å²) in [6.07, 6.45) is -2.26. The summed E-state index contributed by atoms with van der Waals surface area (Å²) in [5.74, 6) is -1.17. The molecule has 0 saturated carbocycles. The summed E-state index contributed by atoms with van der Waals surface area (Å²) in [6.45, 7) is 1.34. The first-order valence-corrected chi connectivity index (χ1v) is 4.35. The van der Waals surface area contributed by atoms with E-state index >= 15 is 0 Å². The molecule has 0 bridgehead atoms. The van der Waals surface area contributed by atoms with Gasteiger partial charge < -0.3 is 5.11 Å². The SMILES string of the molecule is Cc1c(C(F)F)ncc(C#N)c1CC(=O)O. The van der Waals surface area contributed by atoms with Crippen molar-refractivity contribution < 1.29 is 18.7 Å². The molecule has 1 N–H and O–H groups in total. The number of rotatable bonds is 3. The summed E-state index contributed by atoms with van der Waals surface area (Å²) in [6, 6.07) is 1.74. The topological polar surface area (TPSA) is 74.0 Å². The van der Waals surface area contributed by atoms with Crippen molar-refractivity contribution in [2.75, 3.05) is 0 Å². The zero-order chi connectivity index (χ0) is 12.3. The van der Waals surface area contributed by atoms with Crippen LogP contribution in [0.15, 0.2) is 6.20 Å². The molecule has 84 valence electrons. The van der Waals surface area contributed by atoms with Gasteiger partial charge in [-0.05, 0) is 18.1 Å². The highest BCUT2D eigenvalue weighted by molar-refractivity contribution is 5.72. The maximum absolute atomic E-state index is 12.5. The number of carboxylic acids is 1. The number of hydrogen-bond acceptors (Lipinski definition) is 3. The Balaban J connectivity index is 3.35. The summed E-state index contributed by atoms with van der Waals surface area (Å²) in [7, 11) is 0. The Morgan fingerprint density at radius 1 is 1.69 bits per heavy atom. The molecule has 4 nitrogen and oxygen atoms in total. The van der Waals surface area contributed by atoms with E-state index in [0.717, 1.165) is 6.20 Å². The normalized spacial score (nSPS) is 10.2. The molecule has 0 fully saturated rings. The van der Waals surface area contributed by atoms with Gasteiger partial charge in [0.1, 0.15) is 11.8 Å². The van der Waals surface area contributed by atoms with Gasteiger partial charge in [-0.25, -0.2) is 8.78 Å². The smallest absolute Gasteiger partial charge is 0.307 e. The van der Waals surface area contributed by atoms with Crippen LogP contribution < -0.4 is 0 Å². The molecule has 1 aromatic heterocycles. The number of carbonyl (C=O) groups is 1. The molecular weight excluding hydrogens is 218 g/mol. The van der Waals surface area contributed by atoms with Gasteiger partial charge in [0.05, 0.1) is 12.0 Å². The molecule has 0 aliphatic heterocycles. The van der Waals surface area contributed by atoms with E-state index in [0.29, 0.717) is 0 Å². The van der Waals surface area contributed by atoms with Crippen molar-refractivity contribution in [3.8, 4) is 6.07 Å². The quantitative estimate of drug-likeness (QED) is 0.853. The number of pyridine rings is 1. The molecule has 1 rings (SSSR count). The average molecular weight is 226 g/mol. The van der Waals surface area contributed by atoms with Crippen LogP contribution >= 0.6 is 0 Å². The predicted octanol–water partition coefficient (Wildman–Crippen LogP) is 1.83. The van der Waals surface area contributed by atoms with Crippen LogP contribution in [0.2, 0.25) is 0 Å². The zero-order valence-electron chi connectivity index (χ0n) is 8.37. The maximum atomic E-state index is 12.5. The highest BCUT2D eigenvalue weighted by Crippen LogP contribution is 2.24. The van der Waals surface area contributed by atoms with Gasteiger partial charge in [0.25, 0.3) is 6.43 Å². The van der Waals surface area contributed by atoms with Crippen LogP contribution in [-0.4, -0.2) is 16.1 Å². The molecule has 16 heavy (non-hydrogen) atoms. The second-order valence-corrected chi connectivity index (χ2v) is 3.14. The first kappa shape index (κ1) is 12.0. The van der Waals surface area contributed by atoms with Crippen LogP contribution in [0.1, 0.15) is 28.8 Å². The highest BCUT2D eigenvalue weighted by atomic mass is 19.3. The fourth-order valence-corrected chi connectivity index (χ4v) is 1.36. The summed E-state index contributed by atoms with van der Waals surface area (Å²) in [5, 5.41) is 17.3. The van der Waals surface area contributed by atoms with Gasteiger partial charge in [-0.2, -0.15) is 5.26 Å². The molecule has 1 heterocycles. The molecule has 0 aliphatic carbocycles. The van der Waals surface area contributed by atoms with Crippen LogP contribution in [0.3, 0.4) is 0 Å². The fourth-order valence-electron chi connectivity index (χ4n) is 1.36. The number of hydrogen-bond donors (Lipinski definition) is 1. The van der Waals surface area contributed by atoms with Crippen LogP contribution in [0, 0.1) is 18.3 Å². The Hall–Kier alpha value is -2.03. The molecule has 0 radical (unpaired) electrons. The lowest BCUT2D eigenvalue weighted by molar-refractivity contribution is -0.136. The van der Waals surface area contributed by atoms with Crippen molar-refractivity contribution in [2.45, 2.75) is 19.8 Å². The summed E-state index contributed by atoms with van der Waals surface area (Å²) in [4.78, 5) is 14.0. The molecule has 0 saturated heterocycles. The van der Waals surface area contributed by atoms with E-state index in [-0.39, 0.29) is 16.7 Å². The van der Waals surface area contributed by atoms with E-state index in [2.05, 4.69) is 4.98 Å². The monoisotopic (exact) mass is 226 g/mol. The Morgan fingerprint density at radius 3 is 2.75 bits per heavy atom. The third-order valence-corrected chi connectivity index (χ3v) is 2.15. The summed E-state index contributed by atoms with van der Waals surface area (Å²) < 4.78 is 25.0. The molecule has 0 aliphatic rings. The highest BCUT2D eigenvalue weighted by Gasteiger charge is 2.19. The fraction of sp³-hybridized carbons (Fsp3) is 0.300. The van der Waals surface area contributed by atoms with Crippen LogP contribution in [0.25, 0.3) is 0 Å². The summed E-state index contributed by atoms with van der Waals surface area (Å²) in [5.41, 5.74) is -0.295. The van der Waals surface area contributed by atoms with Crippen molar-refractivity contribution in [1.29, 1.82) is 5.26 Å². The van der Waals surface area contributed by atoms with E-state index in [4.69, 9.17) is 10.4 Å². The Kier molecular flexibility index (Phi) is 3.51. The van der Waals surface area contributed by atoms with Crippen molar-refractivity contribution in [2.24, 2.45) is 0 Å². The van der Waals surface area contributed by atoms with Gasteiger partial charge >= 0.3 is 5.97 Å². The van der Waals surface area contributed by atoms with Gasteiger partial charge in [-0.15, -0.1) is 0 Å². The molecule has 1 aromatic rings. The molecule has 0 spiro atoms. The van der Waals surface area contributed by atoms with Crippen molar-refractivity contribution in [1.82, 2.24) is 4.98 Å². The van der Waals surface area contributed by atoms with Gasteiger partial charge in [0.15, 0.2) is 0 Å². The molecule has 0 unspecified atom stereocenters. The summed E-state index contributed by atoms with van der Waals surface area (Å²) >= 11 is 0. The number of aromatic nitrogens is 1. The standard InChI is InChI=1S/C10H8F2N2O2/c1-5-7(2-8(15)16)6(3-13)4-14-9(5)10(11)12/h4,10H,2H2,1H3,(H,15,16). The number of nitrogens with zero attached hydrogens (tertiary/aromatic N) is 2. The largest absolute Gasteiger partial charge is 0.481 e. The maximum Gasteiger partial charge on any atom is 0.307 e. The van der Waals surface area contributed by atoms with E-state index in [1.165, 1.54) is 6.92 Å². The minimum absolute atomic E-state index is 0.0179. The van der Waals surface area contributed by atoms with E-state index < -0.39 is 24.5 Å². The van der Waals surface area contributed by atoms with Crippen molar-refractivity contribution >= 4 is 5.97 Å². The Labute approximate surface area is 90.2 Å². The van der Waals surface area contributed by atoms with Crippen LogP contribution in [0.5, 0.6) is 0 Å². The second kappa shape index (κ2) is 4.66. The van der Waals surface area contributed by atoms with Gasteiger partial charge in [-0.1, -0.05) is 0 Å². The molecule has 0 amide bonds. The van der Waals surface area contributed by atoms with Gasteiger partial charge in [0, 0.05) is 6.20 Å². The van der Waals surface area contributed by atoms with E-state index in [1.54, 1.807) is 6.07 Å². The molecular formula is C10H8F2N2O2. The lowest BCUT2D eigenvalue weighted by atomic mass is 10.00. The lowest BCUT2D eigenvalue weighted by Crippen LogP contribution is -2.08. The number of nitriles is 1. The molecule has 0 atom stereocenters. The Bertz CT molecular complexity index is 467. The minimum atomic E-state index is -2.78.